The lowest BCUT2D eigenvalue weighted by atomic mass is 10.2. The van der Waals surface area contributed by atoms with Crippen molar-refractivity contribution >= 4 is 23.8 Å². The molecule has 4 aromatic rings. The molecule has 0 bridgehead atoms. The second-order valence-electron chi connectivity index (χ2n) is 7.43. The normalized spacial score (nSPS) is 10.7. The summed E-state index contributed by atoms with van der Waals surface area (Å²) in [6, 6.07) is 17.6. The Kier molecular flexibility index (Phi) is 7.89. The molecule has 4 rings (SSSR count). The first-order valence-corrected chi connectivity index (χ1v) is 11.7. The first-order chi connectivity index (χ1) is 17.0. The minimum absolute atomic E-state index is 0.0182. The average Bonchev–Trinajstić information content (AvgIpc) is 3.23. The first-order valence-electron chi connectivity index (χ1n) is 10.9. The summed E-state index contributed by atoms with van der Waals surface area (Å²) in [5.41, 5.74) is 5.29. The van der Waals surface area contributed by atoms with E-state index in [4.69, 9.17) is 38.0 Å². The summed E-state index contributed by atoms with van der Waals surface area (Å²) in [4.78, 5) is 0. The Labute approximate surface area is 212 Å². The Morgan fingerprint density at radius 2 is 1.89 bits per heavy atom. The van der Waals surface area contributed by atoms with E-state index in [-0.39, 0.29) is 6.61 Å². The number of H-pyrrole nitrogens is 1. The molecule has 2 N–H and O–H groups in total. The Balaban J connectivity index is 1.53. The van der Waals surface area contributed by atoms with E-state index in [9.17, 15) is 4.39 Å². The fraction of sp³-hybridized carbons (Fsp3) is 0.200. The molecular weight excluding hydrogens is 491 g/mol. The molecular formula is C25H24ClFN4O3S. The summed E-state index contributed by atoms with van der Waals surface area (Å²) in [6.45, 7) is 2.73. The predicted octanol–water partition coefficient (Wildman–Crippen LogP) is 6.13. The van der Waals surface area contributed by atoms with E-state index < -0.39 is 5.82 Å². The summed E-state index contributed by atoms with van der Waals surface area (Å²) in [5.74, 6) is 1.89. The van der Waals surface area contributed by atoms with Crippen LogP contribution in [0, 0.1) is 10.6 Å². The highest BCUT2D eigenvalue weighted by molar-refractivity contribution is 7.71. The molecule has 7 nitrogen and oxygen atoms in total. The average molecular weight is 515 g/mol. The fourth-order valence-electron chi connectivity index (χ4n) is 3.49. The minimum Gasteiger partial charge on any atom is -0.496 e. The van der Waals surface area contributed by atoms with E-state index in [1.165, 1.54) is 6.07 Å². The molecule has 0 aliphatic rings. The van der Waals surface area contributed by atoms with Crippen LogP contribution in [0.3, 0.4) is 0 Å². The summed E-state index contributed by atoms with van der Waals surface area (Å²) < 4.78 is 33.3. The molecule has 0 radical (unpaired) electrons. The van der Waals surface area contributed by atoms with Crippen molar-refractivity contribution in [2.24, 2.45) is 0 Å². The van der Waals surface area contributed by atoms with Crippen molar-refractivity contribution in [3.8, 4) is 28.6 Å². The SMILES string of the molecule is CCOc1cc(CNn2c(-c3ccccc3OC)n[nH]c2=S)ccc1OCc1c(F)cccc1Cl. The van der Waals surface area contributed by atoms with Gasteiger partial charge in [-0.3, -0.25) is 0 Å². The zero-order valence-corrected chi connectivity index (χ0v) is 20.8. The van der Waals surface area contributed by atoms with Gasteiger partial charge >= 0.3 is 0 Å². The Morgan fingerprint density at radius 1 is 1.06 bits per heavy atom. The van der Waals surface area contributed by atoms with Crippen molar-refractivity contribution in [3.63, 3.8) is 0 Å². The second-order valence-corrected chi connectivity index (χ2v) is 8.22. The molecule has 0 aliphatic carbocycles. The van der Waals surface area contributed by atoms with Gasteiger partial charge in [0.2, 0.25) is 4.77 Å². The molecule has 10 heteroatoms. The van der Waals surface area contributed by atoms with Crippen molar-refractivity contribution in [2.45, 2.75) is 20.1 Å². The Bertz CT molecular complexity index is 1350. The summed E-state index contributed by atoms with van der Waals surface area (Å²) in [5, 5.41) is 7.48. The van der Waals surface area contributed by atoms with Gasteiger partial charge in [-0.15, -0.1) is 0 Å². The van der Waals surface area contributed by atoms with E-state index in [2.05, 4.69) is 15.6 Å². The van der Waals surface area contributed by atoms with Gasteiger partial charge in [-0.25, -0.2) is 14.2 Å². The largest absolute Gasteiger partial charge is 0.496 e. The van der Waals surface area contributed by atoms with Crippen LogP contribution >= 0.6 is 23.8 Å². The van der Waals surface area contributed by atoms with Crippen LogP contribution in [0.4, 0.5) is 4.39 Å². The number of aromatic amines is 1. The number of rotatable bonds is 10. The standard InChI is InChI=1S/C25H24ClFN4O3S/c1-3-33-23-13-16(11-12-22(23)34-15-18-19(26)8-6-9-20(18)27)14-28-31-24(29-30-25(31)35)17-7-4-5-10-21(17)32-2/h4-13,28H,3,14-15H2,1-2H3,(H,30,35). The zero-order valence-electron chi connectivity index (χ0n) is 19.2. The van der Waals surface area contributed by atoms with Crippen LogP contribution in [0.1, 0.15) is 18.1 Å². The molecule has 0 atom stereocenters. The third-order valence-corrected chi connectivity index (χ3v) is 5.83. The zero-order chi connectivity index (χ0) is 24.8. The van der Waals surface area contributed by atoms with E-state index in [0.717, 1.165) is 11.1 Å². The molecule has 1 aromatic heterocycles. The van der Waals surface area contributed by atoms with Gasteiger partial charge in [0, 0.05) is 5.56 Å². The summed E-state index contributed by atoms with van der Waals surface area (Å²) in [7, 11) is 1.61. The summed E-state index contributed by atoms with van der Waals surface area (Å²) >= 11 is 11.5. The fourth-order valence-corrected chi connectivity index (χ4v) is 3.91. The number of benzene rings is 3. The molecule has 0 spiro atoms. The third-order valence-electron chi connectivity index (χ3n) is 5.20. The number of aromatic nitrogens is 3. The van der Waals surface area contributed by atoms with Crippen LogP contribution in [0.25, 0.3) is 11.4 Å². The van der Waals surface area contributed by atoms with Crippen molar-refractivity contribution in [3.05, 3.63) is 87.4 Å². The summed E-state index contributed by atoms with van der Waals surface area (Å²) in [6.07, 6.45) is 0. The molecule has 3 aromatic carbocycles. The van der Waals surface area contributed by atoms with Crippen molar-refractivity contribution in [2.75, 3.05) is 19.1 Å². The first kappa shape index (κ1) is 24.6. The molecule has 0 unspecified atom stereocenters. The molecule has 0 aliphatic heterocycles. The number of ether oxygens (including phenoxy) is 3. The van der Waals surface area contributed by atoms with Gasteiger partial charge in [0.25, 0.3) is 0 Å². The van der Waals surface area contributed by atoms with Crippen LogP contribution in [-0.4, -0.2) is 28.6 Å². The molecule has 0 fully saturated rings. The lowest BCUT2D eigenvalue weighted by Gasteiger charge is -2.16. The third kappa shape index (κ3) is 5.58. The highest BCUT2D eigenvalue weighted by atomic mass is 35.5. The van der Waals surface area contributed by atoms with Crippen LogP contribution in [0.5, 0.6) is 17.2 Å². The number of methoxy groups -OCH3 is 1. The molecule has 0 saturated heterocycles. The molecule has 35 heavy (non-hydrogen) atoms. The highest BCUT2D eigenvalue weighted by Crippen LogP contribution is 2.31. The maximum absolute atomic E-state index is 14.1. The lowest BCUT2D eigenvalue weighted by Crippen LogP contribution is -2.16. The van der Waals surface area contributed by atoms with E-state index in [0.29, 0.717) is 51.6 Å². The Hall–Kier alpha value is -3.56. The monoisotopic (exact) mass is 514 g/mol. The minimum atomic E-state index is -0.418. The number of nitrogens with one attached hydrogen (secondary N) is 2. The van der Waals surface area contributed by atoms with Gasteiger partial charge in [-0.1, -0.05) is 35.9 Å². The van der Waals surface area contributed by atoms with E-state index in [1.54, 1.807) is 30.0 Å². The van der Waals surface area contributed by atoms with Gasteiger partial charge in [0.15, 0.2) is 17.3 Å². The van der Waals surface area contributed by atoms with Crippen LogP contribution in [0.15, 0.2) is 60.7 Å². The van der Waals surface area contributed by atoms with Gasteiger partial charge in [-0.2, -0.15) is 5.10 Å². The van der Waals surface area contributed by atoms with Crippen LogP contribution < -0.4 is 19.6 Å². The smallest absolute Gasteiger partial charge is 0.214 e. The maximum Gasteiger partial charge on any atom is 0.214 e. The molecule has 0 saturated carbocycles. The van der Waals surface area contributed by atoms with Crippen molar-refractivity contribution in [1.29, 1.82) is 0 Å². The van der Waals surface area contributed by atoms with Gasteiger partial charge in [0.1, 0.15) is 18.2 Å². The Morgan fingerprint density at radius 3 is 2.66 bits per heavy atom. The van der Waals surface area contributed by atoms with Gasteiger partial charge in [0.05, 0.1) is 30.8 Å². The van der Waals surface area contributed by atoms with Gasteiger partial charge < -0.3 is 19.6 Å². The molecule has 1 heterocycles. The number of hydrogen-bond acceptors (Lipinski definition) is 6. The van der Waals surface area contributed by atoms with Crippen LogP contribution in [-0.2, 0) is 13.2 Å². The van der Waals surface area contributed by atoms with Gasteiger partial charge in [-0.05, 0) is 61.1 Å². The predicted molar refractivity (Wildman–Crippen MR) is 136 cm³/mol. The highest BCUT2D eigenvalue weighted by Gasteiger charge is 2.15. The van der Waals surface area contributed by atoms with Crippen molar-refractivity contribution in [1.82, 2.24) is 14.9 Å². The number of halogens is 2. The van der Waals surface area contributed by atoms with E-state index in [1.807, 2.05) is 43.3 Å². The number of nitrogens with zero attached hydrogens (tertiary/aromatic N) is 2. The lowest BCUT2D eigenvalue weighted by molar-refractivity contribution is 0.265. The van der Waals surface area contributed by atoms with Crippen molar-refractivity contribution < 1.29 is 18.6 Å². The van der Waals surface area contributed by atoms with E-state index >= 15 is 0 Å². The van der Waals surface area contributed by atoms with Crippen LogP contribution in [0.2, 0.25) is 5.02 Å². The second kappa shape index (κ2) is 11.2. The maximum atomic E-state index is 14.1. The number of para-hydroxylation sites is 1. The quantitative estimate of drug-likeness (QED) is 0.248. The number of hydrogen-bond donors (Lipinski definition) is 2. The topological polar surface area (TPSA) is 73.3 Å². The molecule has 0 amide bonds. The molecule has 182 valence electrons.